The Bertz CT molecular complexity index is 571. The average Bonchev–Trinajstić information content (AvgIpc) is 2.80. The van der Waals surface area contributed by atoms with E-state index in [4.69, 9.17) is 15.2 Å². The van der Waals surface area contributed by atoms with E-state index in [0.29, 0.717) is 10.4 Å². The van der Waals surface area contributed by atoms with Crippen molar-refractivity contribution in [3.05, 3.63) is 16.7 Å². The summed E-state index contributed by atoms with van der Waals surface area (Å²) in [4.78, 5) is 28.2. The van der Waals surface area contributed by atoms with Gasteiger partial charge in [-0.05, 0) is 15.9 Å². The fourth-order valence-corrected chi connectivity index (χ4v) is 2.43. The molecule has 1 fully saturated rings. The first kappa shape index (κ1) is 15.5. The van der Waals surface area contributed by atoms with Crippen molar-refractivity contribution < 1.29 is 23.5 Å². The van der Waals surface area contributed by atoms with E-state index in [1.807, 2.05) is 0 Å². The lowest BCUT2D eigenvalue weighted by Gasteiger charge is -2.20. The number of hydrogen-bond acceptors (Lipinski definition) is 5. The number of amides is 2. The van der Waals surface area contributed by atoms with E-state index in [9.17, 15) is 14.0 Å². The second kappa shape index (κ2) is 6.25. The van der Waals surface area contributed by atoms with Crippen LogP contribution in [-0.2, 0) is 4.79 Å². The van der Waals surface area contributed by atoms with Crippen LogP contribution in [0.1, 0.15) is 6.42 Å². The van der Waals surface area contributed by atoms with Gasteiger partial charge in [0.25, 0.3) is 0 Å². The third-order valence-electron chi connectivity index (χ3n) is 2.98. The molecule has 1 aliphatic heterocycles. The summed E-state index contributed by atoms with van der Waals surface area (Å²) >= 11 is 3.14. The van der Waals surface area contributed by atoms with E-state index in [1.54, 1.807) is 6.07 Å². The van der Waals surface area contributed by atoms with Crippen LogP contribution in [0.4, 0.5) is 9.18 Å². The van der Waals surface area contributed by atoms with Crippen LogP contribution in [0, 0.1) is 0 Å². The molecule has 0 bridgehead atoms. The van der Waals surface area contributed by atoms with Gasteiger partial charge >= 0.3 is 6.09 Å². The normalized spacial score (nSPS) is 21.2. The number of hydrogen-bond donors (Lipinski definition) is 1. The van der Waals surface area contributed by atoms with E-state index >= 15 is 0 Å². The zero-order valence-electron chi connectivity index (χ0n) is 11.1. The topological polar surface area (TPSA) is 94.8 Å². The van der Waals surface area contributed by atoms with Crippen LogP contribution in [0.15, 0.2) is 16.7 Å². The number of aromatic nitrogens is 1. The molecule has 1 aromatic heterocycles. The Morgan fingerprint density at radius 1 is 1.52 bits per heavy atom. The first-order chi connectivity index (χ1) is 9.90. The number of carbonyl (C=O) groups is 2. The zero-order chi connectivity index (χ0) is 15.6. The molecule has 0 aliphatic carbocycles. The molecule has 2 rings (SSSR count). The number of primary amides is 1. The summed E-state index contributed by atoms with van der Waals surface area (Å²) in [5, 5.41) is 0. The molecule has 7 nitrogen and oxygen atoms in total. The Kier molecular flexibility index (Phi) is 4.61. The average molecular weight is 362 g/mol. The highest BCUT2D eigenvalue weighted by molar-refractivity contribution is 9.10. The summed E-state index contributed by atoms with van der Waals surface area (Å²) in [5.41, 5.74) is 5.15. The van der Waals surface area contributed by atoms with Crippen LogP contribution in [0.5, 0.6) is 11.6 Å². The van der Waals surface area contributed by atoms with E-state index in [0.717, 1.165) is 4.90 Å². The third kappa shape index (κ3) is 3.60. The number of pyridine rings is 1. The van der Waals surface area contributed by atoms with Crippen molar-refractivity contribution in [3.8, 4) is 11.6 Å². The van der Waals surface area contributed by atoms with Crippen LogP contribution in [0.2, 0.25) is 0 Å². The maximum Gasteiger partial charge on any atom is 0.417 e. The molecule has 0 spiro atoms. The number of likely N-dealkylation sites (tertiary alicyclic amines) is 1. The molecule has 114 valence electrons. The Hall–Kier alpha value is -1.90. The highest BCUT2D eigenvalue weighted by Crippen LogP contribution is 2.25. The Morgan fingerprint density at radius 2 is 2.24 bits per heavy atom. The predicted octanol–water partition coefficient (Wildman–Crippen LogP) is 1.25. The van der Waals surface area contributed by atoms with Crippen LogP contribution >= 0.6 is 15.9 Å². The number of alkyl halides is 1. The molecule has 9 heteroatoms. The minimum atomic E-state index is -1.31. The Labute approximate surface area is 128 Å². The Balaban J connectivity index is 2.14. The molecule has 2 heterocycles. The second-order valence-electron chi connectivity index (χ2n) is 4.44. The highest BCUT2D eigenvalue weighted by Gasteiger charge is 2.40. The van der Waals surface area contributed by atoms with Gasteiger partial charge in [0.15, 0.2) is 0 Å². The minimum absolute atomic E-state index is 0.0308. The monoisotopic (exact) mass is 361 g/mol. The molecule has 0 radical (unpaired) electrons. The van der Waals surface area contributed by atoms with Crippen LogP contribution in [0.25, 0.3) is 0 Å². The zero-order valence-corrected chi connectivity index (χ0v) is 12.7. The summed E-state index contributed by atoms with van der Waals surface area (Å²) in [6, 6.07) is 1.96. The molecule has 0 aromatic carbocycles. The lowest BCUT2D eigenvalue weighted by Crippen LogP contribution is -2.45. The Morgan fingerprint density at radius 3 is 2.86 bits per heavy atom. The molecule has 2 amide bonds. The van der Waals surface area contributed by atoms with Crippen molar-refractivity contribution in [2.24, 2.45) is 5.73 Å². The van der Waals surface area contributed by atoms with Gasteiger partial charge in [-0.3, -0.25) is 9.69 Å². The quantitative estimate of drug-likeness (QED) is 0.817. The maximum absolute atomic E-state index is 13.4. The lowest BCUT2D eigenvalue weighted by molar-refractivity contribution is -0.121. The van der Waals surface area contributed by atoms with Gasteiger partial charge < -0.3 is 15.2 Å². The van der Waals surface area contributed by atoms with Crippen molar-refractivity contribution in [3.63, 3.8) is 0 Å². The summed E-state index contributed by atoms with van der Waals surface area (Å²) in [6.45, 7) is -0.239. The molecule has 1 aromatic rings. The van der Waals surface area contributed by atoms with Crippen molar-refractivity contribution in [2.75, 3.05) is 13.7 Å². The number of rotatable bonds is 3. The van der Waals surface area contributed by atoms with E-state index < -0.39 is 24.2 Å². The van der Waals surface area contributed by atoms with Gasteiger partial charge in [0.1, 0.15) is 22.6 Å². The molecular formula is C12H13BrFN3O4. The van der Waals surface area contributed by atoms with Crippen molar-refractivity contribution in [1.82, 2.24) is 9.88 Å². The standard InChI is InChI=1S/C12H13BrFN3O4/c1-20-7-3-9(13)16-10(4-7)21-12(19)17-5-6(14)2-8(17)11(15)18/h3-4,6,8H,2,5H2,1H3,(H2,15,18). The molecular weight excluding hydrogens is 349 g/mol. The maximum atomic E-state index is 13.4. The van der Waals surface area contributed by atoms with Crippen LogP contribution in [-0.4, -0.2) is 47.8 Å². The number of nitrogens with two attached hydrogens (primary N) is 1. The van der Waals surface area contributed by atoms with E-state index in [2.05, 4.69) is 20.9 Å². The summed E-state index contributed by atoms with van der Waals surface area (Å²) in [6.07, 6.45) is -2.31. The van der Waals surface area contributed by atoms with Crippen LogP contribution < -0.4 is 15.2 Å². The molecule has 21 heavy (non-hydrogen) atoms. The summed E-state index contributed by atoms with van der Waals surface area (Å²) in [7, 11) is 1.45. The highest BCUT2D eigenvalue weighted by atomic mass is 79.9. The predicted molar refractivity (Wildman–Crippen MR) is 73.7 cm³/mol. The van der Waals surface area contributed by atoms with Crippen LogP contribution in [0.3, 0.4) is 0 Å². The summed E-state index contributed by atoms with van der Waals surface area (Å²) < 4.78 is 23.8. The number of nitrogens with zero attached hydrogens (tertiary/aromatic N) is 2. The fraction of sp³-hybridized carbons (Fsp3) is 0.417. The molecule has 2 atom stereocenters. The molecule has 2 N–H and O–H groups in total. The van der Waals surface area contributed by atoms with Crippen molar-refractivity contribution in [1.29, 1.82) is 0 Å². The van der Waals surface area contributed by atoms with Gasteiger partial charge in [0.05, 0.1) is 13.7 Å². The molecule has 2 unspecified atom stereocenters. The SMILES string of the molecule is COc1cc(Br)nc(OC(=O)N2CC(F)CC2C(N)=O)c1. The van der Waals surface area contributed by atoms with E-state index in [1.165, 1.54) is 13.2 Å². The molecule has 1 saturated heterocycles. The number of carbonyl (C=O) groups excluding carboxylic acids is 2. The van der Waals surface area contributed by atoms with Crippen molar-refractivity contribution >= 4 is 27.9 Å². The van der Waals surface area contributed by atoms with Gasteiger partial charge in [0, 0.05) is 18.6 Å². The van der Waals surface area contributed by atoms with Crippen molar-refractivity contribution in [2.45, 2.75) is 18.6 Å². The minimum Gasteiger partial charge on any atom is -0.496 e. The first-order valence-corrected chi connectivity index (χ1v) is 6.83. The van der Waals surface area contributed by atoms with Gasteiger partial charge in [-0.1, -0.05) is 0 Å². The van der Waals surface area contributed by atoms with Gasteiger partial charge in [-0.25, -0.2) is 14.2 Å². The number of halogens is 2. The summed E-state index contributed by atoms with van der Waals surface area (Å²) in [5.74, 6) is -0.375. The molecule has 0 saturated carbocycles. The number of methoxy groups -OCH3 is 1. The number of ether oxygens (including phenoxy) is 2. The van der Waals surface area contributed by atoms with E-state index in [-0.39, 0.29) is 18.8 Å². The smallest absolute Gasteiger partial charge is 0.417 e. The third-order valence-corrected chi connectivity index (χ3v) is 3.39. The van der Waals surface area contributed by atoms with Gasteiger partial charge in [-0.2, -0.15) is 0 Å². The van der Waals surface area contributed by atoms with Gasteiger partial charge in [0.2, 0.25) is 11.8 Å². The van der Waals surface area contributed by atoms with Gasteiger partial charge in [-0.15, -0.1) is 0 Å². The molecule has 1 aliphatic rings. The first-order valence-electron chi connectivity index (χ1n) is 6.04. The lowest BCUT2D eigenvalue weighted by atomic mass is 10.2. The fourth-order valence-electron chi connectivity index (χ4n) is 2.03. The largest absolute Gasteiger partial charge is 0.496 e. The second-order valence-corrected chi connectivity index (χ2v) is 5.25.